The van der Waals surface area contributed by atoms with E-state index in [2.05, 4.69) is 29.8 Å². The molecule has 2 atom stereocenters. The van der Waals surface area contributed by atoms with Crippen LogP contribution in [-0.2, 0) is 0 Å². The van der Waals surface area contributed by atoms with Crippen molar-refractivity contribution < 1.29 is 4.39 Å². The minimum Gasteiger partial charge on any atom is -0.324 e. The minimum absolute atomic E-state index is 0.0324. The molecule has 0 saturated heterocycles. The normalized spacial score (nSPS) is 15.2. The zero-order chi connectivity index (χ0) is 10.7. The average molecular weight is 260 g/mol. The van der Waals surface area contributed by atoms with E-state index >= 15 is 0 Å². The van der Waals surface area contributed by atoms with Gasteiger partial charge in [0, 0.05) is 10.5 Å². The maximum Gasteiger partial charge on any atom is 0.124 e. The van der Waals surface area contributed by atoms with Gasteiger partial charge in [-0.05, 0) is 23.6 Å². The van der Waals surface area contributed by atoms with E-state index < -0.39 is 0 Å². The second-order valence-electron chi connectivity index (χ2n) is 3.58. The fourth-order valence-electron chi connectivity index (χ4n) is 1.33. The molecule has 0 fully saturated rings. The lowest BCUT2D eigenvalue weighted by Crippen LogP contribution is -2.19. The quantitative estimate of drug-likeness (QED) is 0.882. The molecule has 1 aromatic rings. The van der Waals surface area contributed by atoms with Gasteiger partial charge in [-0.2, -0.15) is 0 Å². The van der Waals surface area contributed by atoms with Crippen molar-refractivity contribution in [3.05, 3.63) is 34.1 Å². The number of rotatable bonds is 3. The number of hydrogen-bond donors (Lipinski definition) is 1. The van der Waals surface area contributed by atoms with Crippen molar-refractivity contribution in [2.24, 2.45) is 11.7 Å². The Balaban J connectivity index is 2.95. The van der Waals surface area contributed by atoms with Crippen LogP contribution in [0.2, 0.25) is 0 Å². The van der Waals surface area contributed by atoms with E-state index in [4.69, 9.17) is 5.73 Å². The molecule has 0 aromatic heterocycles. The third kappa shape index (κ3) is 2.55. The van der Waals surface area contributed by atoms with Crippen molar-refractivity contribution >= 4 is 15.9 Å². The Morgan fingerprint density at radius 1 is 1.50 bits per heavy atom. The Labute approximate surface area is 92.6 Å². The fourth-order valence-corrected chi connectivity index (χ4v) is 1.95. The zero-order valence-electron chi connectivity index (χ0n) is 8.43. The van der Waals surface area contributed by atoms with Gasteiger partial charge in [-0.1, -0.05) is 42.3 Å². The maximum atomic E-state index is 12.8. The van der Waals surface area contributed by atoms with Gasteiger partial charge in [0.05, 0.1) is 0 Å². The molecule has 0 bridgehead atoms. The number of nitrogens with two attached hydrogens (primary N) is 1. The summed E-state index contributed by atoms with van der Waals surface area (Å²) in [5, 5.41) is 0. The minimum atomic E-state index is -0.239. The van der Waals surface area contributed by atoms with Crippen LogP contribution in [0.25, 0.3) is 0 Å². The highest BCUT2D eigenvalue weighted by Crippen LogP contribution is 2.28. The van der Waals surface area contributed by atoms with E-state index in [1.165, 1.54) is 12.1 Å². The highest BCUT2D eigenvalue weighted by Gasteiger charge is 2.15. The Hall–Kier alpha value is -0.410. The number of hydrogen-bond acceptors (Lipinski definition) is 1. The monoisotopic (exact) mass is 259 g/mol. The first-order valence-electron chi connectivity index (χ1n) is 4.76. The molecule has 78 valence electrons. The van der Waals surface area contributed by atoms with Crippen molar-refractivity contribution in [2.45, 2.75) is 26.3 Å². The van der Waals surface area contributed by atoms with Crippen LogP contribution in [0.4, 0.5) is 4.39 Å². The predicted octanol–water partition coefficient (Wildman–Crippen LogP) is 3.63. The van der Waals surface area contributed by atoms with Crippen LogP contribution in [0.15, 0.2) is 22.7 Å². The molecule has 14 heavy (non-hydrogen) atoms. The van der Waals surface area contributed by atoms with Gasteiger partial charge in [0.25, 0.3) is 0 Å². The van der Waals surface area contributed by atoms with Gasteiger partial charge in [0.1, 0.15) is 5.82 Å². The Morgan fingerprint density at radius 2 is 2.14 bits per heavy atom. The zero-order valence-corrected chi connectivity index (χ0v) is 10.0. The van der Waals surface area contributed by atoms with E-state index in [1.54, 1.807) is 6.07 Å². The highest BCUT2D eigenvalue weighted by molar-refractivity contribution is 9.10. The molecule has 1 aromatic carbocycles. The Morgan fingerprint density at radius 3 is 2.64 bits per heavy atom. The summed E-state index contributed by atoms with van der Waals surface area (Å²) in [5.74, 6) is 0.161. The molecule has 0 amide bonds. The summed E-state index contributed by atoms with van der Waals surface area (Å²) >= 11 is 3.33. The molecule has 0 aliphatic rings. The van der Waals surface area contributed by atoms with Gasteiger partial charge >= 0.3 is 0 Å². The molecule has 0 saturated carbocycles. The summed E-state index contributed by atoms with van der Waals surface area (Å²) in [6, 6.07) is 4.62. The van der Waals surface area contributed by atoms with Gasteiger partial charge in [0.2, 0.25) is 0 Å². The number of benzene rings is 1. The van der Waals surface area contributed by atoms with Crippen molar-refractivity contribution in [3.8, 4) is 0 Å². The van der Waals surface area contributed by atoms with Crippen LogP contribution in [0.5, 0.6) is 0 Å². The first-order chi connectivity index (χ1) is 6.56. The molecule has 2 N–H and O–H groups in total. The van der Waals surface area contributed by atoms with Crippen molar-refractivity contribution in [1.29, 1.82) is 0 Å². The fraction of sp³-hybridized carbons (Fsp3) is 0.455. The van der Waals surface area contributed by atoms with Crippen LogP contribution in [0, 0.1) is 11.7 Å². The average Bonchev–Trinajstić information content (AvgIpc) is 2.15. The Kier molecular flexibility index (Phi) is 4.08. The topological polar surface area (TPSA) is 26.0 Å². The SMILES string of the molecule is CCC(C)[C@H](N)c1ccc(F)cc1Br. The summed E-state index contributed by atoms with van der Waals surface area (Å²) < 4.78 is 13.6. The van der Waals surface area contributed by atoms with Crippen LogP contribution in [0.1, 0.15) is 31.9 Å². The first-order valence-corrected chi connectivity index (χ1v) is 5.56. The molecule has 0 radical (unpaired) electrons. The molecular formula is C11H15BrFN. The predicted molar refractivity (Wildman–Crippen MR) is 60.5 cm³/mol. The highest BCUT2D eigenvalue weighted by atomic mass is 79.9. The second-order valence-corrected chi connectivity index (χ2v) is 4.43. The molecule has 0 aliphatic carbocycles. The van der Waals surface area contributed by atoms with E-state index in [1.807, 2.05) is 0 Å². The summed E-state index contributed by atoms with van der Waals surface area (Å²) in [7, 11) is 0. The molecule has 0 spiro atoms. The van der Waals surface area contributed by atoms with E-state index in [0.717, 1.165) is 16.5 Å². The third-order valence-corrected chi connectivity index (χ3v) is 3.27. The summed E-state index contributed by atoms with van der Waals surface area (Å²) in [6.07, 6.45) is 1.02. The summed E-state index contributed by atoms with van der Waals surface area (Å²) in [4.78, 5) is 0. The largest absolute Gasteiger partial charge is 0.324 e. The van der Waals surface area contributed by atoms with Crippen molar-refractivity contribution in [3.63, 3.8) is 0 Å². The van der Waals surface area contributed by atoms with Gasteiger partial charge < -0.3 is 5.73 Å². The molecular weight excluding hydrogens is 245 g/mol. The lowest BCUT2D eigenvalue weighted by Gasteiger charge is -2.19. The molecule has 1 unspecified atom stereocenters. The van der Waals surface area contributed by atoms with Gasteiger partial charge in [-0.3, -0.25) is 0 Å². The summed E-state index contributed by atoms with van der Waals surface area (Å²) in [5.41, 5.74) is 7.02. The van der Waals surface area contributed by atoms with Gasteiger partial charge in [-0.15, -0.1) is 0 Å². The standard InChI is InChI=1S/C11H15BrFN/c1-3-7(2)11(14)9-5-4-8(13)6-10(9)12/h4-7,11H,3,14H2,1-2H3/t7?,11-/m0/s1. The lowest BCUT2D eigenvalue weighted by molar-refractivity contribution is 0.455. The Bertz CT molecular complexity index is 314. The second kappa shape index (κ2) is 4.89. The van der Waals surface area contributed by atoms with E-state index in [-0.39, 0.29) is 11.9 Å². The lowest BCUT2D eigenvalue weighted by atomic mass is 9.93. The molecule has 1 nitrogen and oxygen atoms in total. The van der Waals surface area contributed by atoms with Crippen LogP contribution in [0.3, 0.4) is 0 Å². The molecule has 0 aliphatic heterocycles. The van der Waals surface area contributed by atoms with Crippen LogP contribution in [-0.4, -0.2) is 0 Å². The molecule has 1 rings (SSSR count). The van der Waals surface area contributed by atoms with E-state index in [0.29, 0.717) is 5.92 Å². The maximum absolute atomic E-state index is 12.8. The van der Waals surface area contributed by atoms with Crippen LogP contribution < -0.4 is 5.73 Å². The smallest absolute Gasteiger partial charge is 0.124 e. The van der Waals surface area contributed by atoms with Crippen LogP contribution >= 0.6 is 15.9 Å². The van der Waals surface area contributed by atoms with E-state index in [9.17, 15) is 4.39 Å². The van der Waals surface area contributed by atoms with Crippen molar-refractivity contribution in [1.82, 2.24) is 0 Å². The molecule has 3 heteroatoms. The summed E-state index contributed by atoms with van der Waals surface area (Å²) in [6.45, 7) is 4.20. The van der Waals surface area contributed by atoms with Crippen molar-refractivity contribution in [2.75, 3.05) is 0 Å². The molecule has 0 heterocycles. The first kappa shape index (κ1) is 11.7. The van der Waals surface area contributed by atoms with Gasteiger partial charge in [-0.25, -0.2) is 4.39 Å². The third-order valence-electron chi connectivity index (χ3n) is 2.58. The van der Waals surface area contributed by atoms with Gasteiger partial charge in [0.15, 0.2) is 0 Å². The number of halogens is 2.